The van der Waals surface area contributed by atoms with Crippen molar-refractivity contribution < 1.29 is 0 Å². The summed E-state index contributed by atoms with van der Waals surface area (Å²) in [6, 6.07) is 5.03. The SMILES string of the molecule is ClCc1ccn(-c2c(Cl)cc(Cl)cc2Cl)n1. The van der Waals surface area contributed by atoms with E-state index in [1.807, 2.05) is 0 Å². The van der Waals surface area contributed by atoms with Crippen molar-refractivity contribution in [3.8, 4) is 5.69 Å². The van der Waals surface area contributed by atoms with E-state index in [0.717, 1.165) is 5.69 Å². The van der Waals surface area contributed by atoms with Crippen LogP contribution in [0.4, 0.5) is 0 Å². The summed E-state index contributed by atoms with van der Waals surface area (Å²) < 4.78 is 1.58. The van der Waals surface area contributed by atoms with Crippen LogP contribution in [0.2, 0.25) is 15.1 Å². The molecule has 0 radical (unpaired) electrons. The molecule has 2 rings (SSSR count). The molecule has 0 aliphatic rings. The molecule has 0 aliphatic carbocycles. The topological polar surface area (TPSA) is 17.8 Å². The lowest BCUT2D eigenvalue weighted by molar-refractivity contribution is 0.859. The number of benzene rings is 1. The number of rotatable bonds is 2. The van der Waals surface area contributed by atoms with Crippen molar-refractivity contribution in [1.29, 1.82) is 0 Å². The third kappa shape index (κ3) is 2.30. The van der Waals surface area contributed by atoms with Crippen LogP contribution in [-0.4, -0.2) is 9.78 Å². The molecule has 1 aromatic carbocycles. The summed E-state index contributed by atoms with van der Waals surface area (Å²) in [6.45, 7) is 0. The lowest BCUT2D eigenvalue weighted by atomic mass is 10.3. The average molecular weight is 296 g/mol. The Kier molecular flexibility index (Phi) is 3.65. The first kappa shape index (κ1) is 12.1. The molecular weight excluding hydrogens is 290 g/mol. The Bertz CT molecular complexity index is 498. The molecule has 1 aromatic heterocycles. The number of hydrogen-bond donors (Lipinski definition) is 0. The largest absolute Gasteiger partial charge is 0.238 e. The molecule has 0 N–H and O–H groups in total. The van der Waals surface area contributed by atoms with Crippen LogP contribution in [0.3, 0.4) is 0 Å². The van der Waals surface area contributed by atoms with Gasteiger partial charge in [0, 0.05) is 11.2 Å². The second kappa shape index (κ2) is 4.84. The first-order valence-electron chi connectivity index (χ1n) is 4.37. The second-order valence-electron chi connectivity index (χ2n) is 3.10. The summed E-state index contributed by atoms with van der Waals surface area (Å²) in [4.78, 5) is 0. The molecule has 0 fully saturated rings. The zero-order chi connectivity index (χ0) is 11.7. The summed E-state index contributed by atoms with van der Waals surface area (Å²) in [7, 11) is 0. The van der Waals surface area contributed by atoms with E-state index in [1.54, 1.807) is 29.1 Å². The number of alkyl halides is 1. The van der Waals surface area contributed by atoms with Crippen molar-refractivity contribution in [2.24, 2.45) is 0 Å². The van der Waals surface area contributed by atoms with Gasteiger partial charge < -0.3 is 0 Å². The number of halogens is 4. The Hall–Kier alpha value is -0.410. The minimum Gasteiger partial charge on any atom is -0.238 e. The molecular formula is C10H6Cl4N2. The maximum Gasteiger partial charge on any atom is 0.102 e. The highest BCUT2D eigenvalue weighted by Gasteiger charge is 2.11. The molecule has 0 spiro atoms. The normalized spacial score (nSPS) is 10.8. The average Bonchev–Trinajstić information content (AvgIpc) is 2.64. The van der Waals surface area contributed by atoms with Crippen LogP contribution in [0, 0.1) is 0 Å². The molecule has 84 valence electrons. The van der Waals surface area contributed by atoms with Gasteiger partial charge in [-0.3, -0.25) is 0 Å². The van der Waals surface area contributed by atoms with Gasteiger partial charge in [-0.05, 0) is 18.2 Å². The van der Waals surface area contributed by atoms with Crippen LogP contribution >= 0.6 is 46.4 Å². The van der Waals surface area contributed by atoms with Crippen molar-refractivity contribution in [2.75, 3.05) is 0 Å². The molecule has 1 heterocycles. The fraction of sp³-hybridized carbons (Fsp3) is 0.100. The first-order valence-corrected chi connectivity index (χ1v) is 6.04. The number of aromatic nitrogens is 2. The molecule has 2 nitrogen and oxygen atoms in total. The van der Waals surface area contributed by atoms with E-state index in [1.165, 1.54) is 0 Å². The van der Waals surface area contributed by atoms with E-state index in [-0.39, 0.29) is 0 Å². The van der Waals surface area contributed by atoms with Gasteiger partial charge in [0.05, 0.1) is 21.6 Å². The number of nitrogens with zero attached hydrogens (tertiary/aromatic N) is 2. The van der Waals surface area contributed by atoms with Gasteiger partial charge in [-0.15, -0.1) is 11.6 Å². The molecule has 0 saturated heterocycles. The second-order valence-corrected chi connectivity index (χ2v) is 4.62. The van der Waals surface area contributed by atoms with Crippen LogP contribution < -0.4 is 0 Å². The predicted octanol–water partition coefficient (Wildman–Crippen LogP) is 4.57. The molecule has 0 unspecified atom stereocenters. The van der Waals surface area contributed by atoms with Crippen molar-refractivity contribution in [2.45, 2.75) is 5.88 Å². The fourth-order valence-electron chi connectivity index (χ4n) is 1.31. The third-order valence-corrected chi connectivity index (χ3v) is 3.06. The molecule has 0 atom stereocenters. The minimum atomic E-state index is 0.343. The summed E-state index contributed by atoms with van der Waals surface area (Å²) in [6.07, 6.45) is 1.75. The quantitative estimate of drug-likeness (QED) is 0.742. The van der Waals surface area contributed by atoms with Gasteiger partial charge in [-0.2, -0.15) is 5.10 Å². The van der Waals surface area contributed by atoms with Crippen LogP contribution in [0.25, 0.3) is 5.69 Å². The lowest BCUT2D eigenvalue weighted by Gasteiger charge is -2.07. The molecule has 0 bridgehead atoms. The Morgan fingerprint density at radius 1 is 1.12 bits per heavy atom. The van der Waals surface area contributed by atoms with E-state index < -0.39 is 0 Å². The van der Waals surface area contributed by atoms with Gasteiger partial charge in [-0.25, -0.2) is 4.68 Å². The van der Waals surface area contributed by atoms with Crippen molar-refractivity contribution in [1.82, 2.24) is 9.78 Å². The number of hydrogen-bond acceptors (Lipinski definition) is 1. The van der Waals surface area contributed by atoms with E-state index in [2.05, 4.69) is 5.10 Å². The van der Waals surface area contributed by atoms with Gasteiger partial charge in [0.15, 0.2) is 0 Å². The van der Waals surface area contributed by atoms with Gasteiger partial charge in [-0.1, -0.05) is 34.8 Å². The van der Waals surface area contributed by atoms with Gasteiger partial charge in [0.25, 0.3) is 0 Å². The zero-order valence-corrected chi connectivity index (χ0v) is 10.9. The molecule has 2 aromatic rings. The van der Waals surface area contributed by atoms with Crippen LogP contribution in [0.5, 0.6) is 0 Å². The third-order valence-electron chi connectivity index (χ3n) is 1.99. The zero-order valence-electron chi connectivity index (χ0n) is 7.92. The highest BCUT2D eigenvalue weighted by molar-refractivity contribution is 6.40. The summed E-state index contributed by atoms with van der Waals surface area (Å²) in [5, 5.41) is 5.60. The molecule has 16 heavy (non-hydrogen) atoms. The summed E-state index contributed by atoms with van der Waals surface area (Å²) >= 11 is 23.6. The standard InChI is InChI=1S/C10H6Cl4N2/c11-5-7-1-2-16(15-7)10-8(13)3-6(12)4-9(10)14/h1-4H,5H2. The van der Waals surface area contributed by atoms with Crippen molar-refractivity contribution in [3.05, 3.63) is 45.2 Å². The fourth-order valence-corrected chi connectivity index (χ4v) is 2.44. The first-order chi connectivity index (χ1) is 7.61. The van der Waals surface area contributed by atoms with Gasteiger partial charge in [0.1, 0.15) is 5.69 Å². The maximum absolute atomic E-state index is 6.06. The molecule has 0 saturated carbocycles. The highest BCUT2D eigenvalue weighted by Crippen LogP contribution is 2.31. The van der Waals surface area contributed by atoms with E-state index in [9.17, 15) is 0 Å². The summed E-state index contributed by atoms with van der Waals surface area (Å²) in [5.74, 6) is 0.343. The summed E-state index contributed by atoms with van der Waals surface area (Å²) in [5.41, 5.74) is 1.35. The van der Waals surface area contributed by atoms with Gasteiger partial charge >= 0.3 is 0 Å². The molecule has 0 aliphatic heterocycles. The Morgan fingerprint density at radius 2 is 1.75 bits per heavy atom. The smallest absolute Gasteiger partial charge is 0.102 e. The highest BCUT2D eigenvalue weighted by atomic mass is 35.5. The van der Waals surface area contributed by atoms with Crippen LogP contribution in [-0.2, 0) is 5.88 Å². The van der Waals surface area contributed by atoms with E-state index >= 15 is 0 Å². The Balaban J connectivity index is 2.55. The van der Waals surface area contributed by atoms with Crippen molar-refractivity contribution >= 4 is 46.4 Å². The van der Waals surface area contributed by atoms with E-state index in [0.29, 0.717) is 26.6 Å². The van der Waals surface area contributed by atoms with Crippen LogP contribution in [0.15, 0.2) is 24.4 Å². The monoisotopic (exact) mass is 294 g/mol. The lowest BCUT2D eigenvalue weighted by Crippen LogP contribution is -1.97. The van der Waals surface area contributed by atoms with Crippen LogP contribution in [0.1, 0.15) is 5.69 Å². The molecule has 0 amide bonds. The van der Waals surface area contributed by atoms with Crippen molar-refractivity contribution in [3.63, 3.8) is 0 Å². The van der Waals surface area contributed by atoms with E-state index in [4.69, 9.17) is 46.4 Å². The minimum absolute atomic E-state index is 0.343. The predicted molar refractivity (Wildman–Crippen MR) is 68.2 cm³/mol. The van der Waals surface area contributed by atoms with Gasteiger partial charge in [0.2, 0.25) is 0 Å². The Morgan fingerprint density at radius 3 is 2.25 bits per heavy atom. The molecule has 6 heteroatoms. The Labute approximate surface area is 113 Å². The maximum atomic E-state index is 6.06.